The van der Waals surface area contributed by atoms with E-state index in [1.165, 1.54) is 0 Å². The van der Waals surface area contributed by atoms with E-state index in [1.54, 1.807) is 0 Å². The van der Waals surface area contributed by atoms with Gasteiger partial charge in [-0.1, -0.05) is 68.4 Å². The first-order valence-corrected chi connectivity index (χ1v) is 7.99. The molecule has 0 unspecified atom stereocenters. The van der Waals surface area contributed by atoms with Gasteiger partial charge in [-0.3, -0.25) is 4.68 Å². The van der Waals surface area contributed by atoms with E-state index in [-0.39, 0.29) is 5.75 Å². The smallest absolute Gasteiger partial charge is 0.169 e. The Labute approximate surface area is 137 Å². The summed E-state index contributed by atoms with van der Waals surface area (Å²) in [4.78, 5) is 0. The fourth-order valence-corrected chi connectivity index (χ4v) is 2.83. The number of benzene rings is 2. The van der Waals surface area contributed by atoms with Gasteiger partial charge in [0.15, 0.2) is 5.75 Å². The Morgan fingerprint density at radius 2 is 1.65 bits per heavy atom. The van der Waals surface area contributed by atoms with E-state index in [4.69, 9.17) is 5.10 Å². The summed E-state index contributed by atoms with van der Waals surface area (Å²) in [5.41, 5.74) is 4.54. The Morgan fingerprint density at radius 1 is 1.00 bits per heavy atom. The van der Waals surface area contributed by atoms with Crippen LogP contribution in [0.25, 0.3) is 22.5 Å². The zero-order valence-corrected chi connectivity index (χ0v) is 13.8. The molecule has 0 amide bonds. The second kappa shape index (κ2) is 6.29. The van der Waals surface area contributed by atoms with Crippen molar-refractivity contribution in [2.45, 2.75) is 27.3 Å². The lowest BCUT2D eigenvalue weighted by molar-refractivity contribution is 0.468. The van der Waals surface area contributed by atoms with E-state index < -0.39 is 0 Å². The highest BCUT2D eigenvalue weighted by Gasteiger charge is 2.21. The van der Waals surface area contributed by atoms with Crippen molar-refractivity contribution in [2.24, 2.45) is 5.92 Å². The molecule has 0 aliphatic heterocycles. The van der Waals surface area contributed by atoms with Crippen LogP contribution in [0.15, 0.2) is 54.6 Å². The maximum atomic E-state index is 10.9. The first-order chi connectivity index (χ1) is 11.1. The highest BCUT2D eigenvalue weighted by Crippen LogP contribution is 2.39. The monoisotopic (exact) mass is 306 g/mol. The average molecular weight is 306 g/mol. The number of hydrogen-bond acceptors (Lipinski definition) is 2. The average Bonchev–Trinajstić information content (AvgIpc) is 2.84. The lowest BCUT2D eigenvalue weighted by Gasteiger charge is -2.11. The summed E-state index contributed by atoms with van der Waals surface area (Å²) in [5, 5.41) is 15.6. The normalized spacial score (nSPS) is 11.1. The van der Waals surface area contributed by atoms with Gasteiger partial charge in [-0.2, -0.15) is 5.10 Å². The molecule has 0 bridgehead atoms. The SMILES string of the molecule is Cc1ccccc1-c1c(O)c(-c2ccccc2)nn1CC(C)C. The second-order valence-corrected chi connectivity index (χ2v) is 6.30. The molecule has 0 aliphatic carbocycles. The predicted octanol–water partition coefficient (Wildman–Crippen LogP) is 4.89. The molecule has 2 aromatic carbocycles. The molecule has 3 aromatic rings. The second-order valence-electron chi connectivity index (χ2n) is 6.30. The highest BCUT2D eigenvalue weighted by atomic mass is 16.3. The van der Waals surface area contributed by atoms with Crippen LogP contribution in [0.3, 0.4) is 0 Å². The van der Waals surface area contributed by atoms with Gasteiger partial charge in [0, 0.05) is 17.7 Å². The van der Waals surface area contributed by atoms with E-state index in [1.807, 2.05) is 53.2 Å². The fraction of sp³-hybridized carbons (Fsp3) is 0.250. The van der Waals surface area contributed by atoms with E-state index in [9.17, 15) is 5.11 Å². The summed E-state index contributed by atoms with van der Waals surface area (Å²) in [7, 11) is 0. The summed E-state index contributed by atoms with van der Waals surface area (Å²) in [6.45, 7) is 7.14. The zero-order chi connectivity index (χ0) is 16.4. The molecule has 0 saturated heterocycles. The number of hydrogen-bond donors (Lipinski definition) is 1. The van der Waals surface area contributed by atoms with Gasteiger partial charge in [0.25, 0.3) is 0 Å². The molecule has 1 aromatic heterocycles. The van der Waals surface area contributed by atoms with Gasteiger partial charge in [-0.25, -0.2) is 0 Å². The summed E-state index contributed by atoms with van der Waals surface area (Å²) < 4.78 is 1.94. The van der Waals surface area contributed by atoms with E-state index in [0.29, 0.717) is 11.6 Å². The fourth-order valence-electron chi connectivity index (χ4n) is 2.83. The summed E-state index contributed by atoms with van der Waals surface area (Å²) in [6.07, 6.45) is 0. The summed E-state index contributed by atoms with van der Waals surface area (Å²) in [6, 6.07) is 17.9. The lowest BCUT2D eigenvalue weighted by Crippen LogP contribution is -2.08. The molecule has 3 rings (SSSR count). The molecule has 0 saturated carbocycles. The van der Waals surface area contributed by atoms with Crippen LogP contribution in [0.5, 0.6) is 5.75 Å². The molecule has 1 N–H and O–H groups in total. The standard InChI is InChI=1S/C20H22N2O/c1-14(2)13-22-19(17-12-8-7-9-15(17)3)20(23)18(21-22)16-10-5-4-6-11-16/h4-12,14,23H,13H2,1-3H3. The third-order valence-corrected chi connectivity index (χ3v) is 3.91. The maximum absolute atomic E-state index is 10.9. The van der Waals surface area contributed by atoms with Crippen LogP contribution >= 0.6 is 0 Å². The van der Waals surface area contributed by atoms with Gasteiger partial charge >= 0.3 is 0 Å². The van der Waals surface area contributed by atoms with Gasteiger partial charge in [0.1, 0.15) is 11.4 Å². The van der Waals surface area contributed by atoms with Crippen LogP contribution in [0, 0.1) is 12.8 Å². The third-order valence-electron chi connectivity index (χ3n) is 3.91. The molecular formula is C20H22N2O. The summed E-state index contributed by atoms with van der Waals surface area (Å²) in [5.74, 6) is 0.701. The molecule has 23 heavy (non-hydrogen) atoms. The molecule has 3 nitrogen and oxygen atoms in total. The topological polar surface area (TPSA) is 38.1 Å². The molecule has 0 atom stereocenters. The van der Waals surface area contributed by atoms with Crippen molar-refractivity contribution < 1.29 is 5.11 Å². The largest absolute Gasteiger partial charge is 0.504 e. The Morgan fingerprint density at radius 3 is 2.30 bits per heavy atom. The minimum Gasteiger partial charge on any atom is -0.504 e. The van der Waals surface area contributed by atoms with E-state index >= 15 is 0 Å². The van der Waals surface area contributed by atoms with Crippen molar-refractivity contribution in [3.8, 4) is 28.3 Å². The van der Waals surface area contributed by atoms with Crippen molar-refractivity contribution >= 4 is 0 Å². The third kappa shape index (κ3) is 3.00. The van der Waals surface area contributed by atoms with E-state index in [0.717, 1.165) is 28.9 Å². The molecule has 0 radical (unpaired) electrons. The van der Waals surface area contributed by atoms with Gasteiger partial charge in [-0.15, -0.1) is 0 Å². The Hall–Kier alpha value is -2.55. The van der Waals surface area contributed by atoms with Crippen LogP contribution < -0.4 is 0 Å². The molecule has 0 spiro atoms. The number of aromatic hydroxyl groups is 1. The zero-order valence-electron chi connectivity index (χ0n) is 13.8. The predicted molar refractivity (Wildman–Crippen MR) is 94.3 cm³/mol. The molecule has 3 heteroatoms. The van der Waals surface area contributed by atoms with Gasteiger partial charge < -0.3 is 5.11 Å². The van der Waals surface area contributed by atoms with Crippen molar-refractivity contribution in [3.05, 3.63) is 60.2 Å². The highest BCUT2D eigenvalue weighted by molar-refractivity contribution is 5.79. The lowest BCUT2D eigenvalue weighted by atomic mass is 10.0. The van der Waals surface area contributed by atoms with Crippen LogP contribution in [-0.4, -0.2) is 14.9 Å². The Balaban J connectivity index is 2.21. The number of aryl methyl sites for hydroxylation is 1. The molecule has 0 aliphatic rings. The first kappa shape index (κ1) is 15.3. The Bertz CT molecular complexity index is 804. The number of nitrogens with zero attached hydrogens (tertiary/aromatic N) is 2. The van der Waals surface area contributed by atoms with Crippen LogP contribution in [0.4, 0.5) is 0 Å². The van der Waals surface area contributed by atoms with Crippen molar-refractivity contribution in [2.75, 3.05) is 0 Å². The molecular weight excluding hydrogens is 284 g/mol. The van der Waals surface area contributed by atoms with Gasteiger partial charge in [0.05, 0.1) is 0 Å². The molecule has 0 fully saturated rings. The number of rotatable bonds is 4. The summed E-state index contributed by atoms with van der Waals surface area (Å²) >= 11 is 0. The Kier molecular flexibility index (Phi) is 4.20. The van der Waals surface area contributed by atoms with Crippen molar-refractivity contribution in [1.29, 1.82) is 0 Å². The van der Waals surface area contributed by atoms with Crippen molar-refractivity contribution in [3.63, 3.8) is 0 Å². The molecule has 118 valence electrons. The van der Waals surface area contributed by atoms with E-state index in [2.05, 4.69) is 26.8 Å². The first-order valence-electron chi connectivity index (χ1n) is 7.99. The number of aromatic nitrogens is 2. The van der Waals surface area contributed by atoms with Crippen LogP contribution in [0.1, 0.15) is 19.4 Å². The molecule has 1 heterocycles. The van der Waals surface area contributed by atoms with Crippen molar-refractivity contribution in [1.82, 2.24) is 9.78 Å². The maximum Gasteiger partial charge on any atom is 0.169 e. The van der Waals surface area contributed by atoms with Gasteiger partial charge in [0.2, 0.25) is 0 Å². The van der Waals surface area contributed by atoms with Crippen LogP contribution in [-0.2, 0) is 6.54 Å². The minimum absolute atomic E-state index is 0.256. The quantitative estimate of drug-likeness (QED) is 0.745. The van der Waals surface area contributed by atoms with Crippen LogP contribution in [0.2, 0.25) is 0 Å². The minimum atomic E-state index is 0.256. The van der Waals surface area contributed by atoms with Gasteiger partial charge in [-0.05, 0) is 18.4 Å².